The van der Waals surface area contributed by atoms with Gasteiger partial charge in [0.2, 0.25) is 15.6 Å². The predicted octanol–water partition coefficient (Wildman–Crippen LogP) is 1.44. The Balaban J connectivity index is 1.44. The smallest absolute Gasteiger partial charge is 0.257 e. The van der Waals surface area contributed by atoms with Crippen molar-refractivity contribution in [1.82, 2.24) is 24.1 Å². The van der Waals surface area contributed by atoms with E-state index < -0.39 is 21.5 Å². The van der Waals surface area contributed by atoms with Crippen molar-refractivity contribution in [2.24, 2.45) is 0 Å². The van der Waals surface area contributed by atoms with E-state index >= 15 is 0 Å². The molecule has 3 aromatic heterocycles. The zero-order chi connectivity index (χ0) is 24.4. The van der Waals surface area contributed by atoms with E-state index in [1.165, 1.54) is 22.5 Å². The molecule has 1 fully saturated rings. The number of carbonyl (C=O) groups is 1. The molecule has 4 heterocycles. The molecule has 1 aromatic carbocycles. The van der Waals surface area contributed by atoms with Gasteiger partial charge in [0.15, 0.2) is 5.82 Å². The summed E-state index contributed by atoms with van der Waals surface area (Å²) in [5.74, 6) is -0.290. The monoisotopic (exact) mass is 494 g/mol. The second-order valence-electron chi connectivity index (χ2n) is 7.94. The van der Waals surface area contributed by atoms with Crippen LogP contribution >= 0.6 is 0 Å². The van der Waals surface area contributed by atoms with Gasteiger partial charge >= 0.3 is 0 Å². The maximum Gasteiger partial charge on any atom is 0.257 e. The van der Waals surface area contributed by atoms with Gasteiger partial charge < -0.3 is 15.0 Å². The topological polar surface area (TPSA) is 139 Å². The first kappa shape index (κ1) is 22.9. The zero-order valence-corrected chi connectivity index (χ0v) is 19.4. The first-order valence-corrected chi connectivity index (χ1v) is 12.3. The molecule has 0 saturated carbocycles. The molecule has 1 amide bonds. The largest absolute Gasteiger partial charge is 0.379 e. The van der Waals surface area contributed by atoms with Gasteiger partial charge in [0.25, 0.3) is 5.91 Å². The van der Waals surface area contributed by atoms with Gasteiger partial charge in [0.05, 0.1) is 35.9 Å². The minimum Gasteiger partial charge on any atom is -0.379 e. The quantitative estimate of drug-likeness (QED) is 0.413. The molecular formula is C23H22N6O5S. The van der Waals surface area contributed by atoms with Crippen LogP contribution in [0.3, 0.4) is 0 Å². The van der Waals surface area contributed by atoms with Crippen LogP contribution in [0.5, 0.6) is 0 Å². The minimum absolute atomic E-state index is 0.0349. The average molecular weight is 495 g/mol. The number of morpholine rings is 1. The molecule has 4 aromatic rings. The number of fused-ring (bicyclic) bond motifs is 1. The molecule has 0 aliphatic carbocycles. The van der Waals surface area contributed by atoms with E-state index in [0.29, 0.717) is 30.7 Å². The van der Waals surface area contributed by atoms with E-state index in [4.69, 9.17) is 4.74 Å². The summed E-state index contributed by atoms with van der Waals surface area (Å²) in [7, 11) is -3.78. The van der Waals surface area contributed by atoms with Crippen molar-refractivity contribution in [3.63, 3.8) is 0 Å². The van der Waals surface area contributed by atoms with E-state index in [0.717, 1.165) is 11.8 Å². The molecular weight excluding hydrogens is 472 g/mol. The maximum atomic E-state index is 13.1. The highest BCUT2D eigenvalue weighted by atomic mass is 32.2. The van der Waals surface area contributed by atoms with Gasteiger partial charge in [-0.15, -0.1) is 0 Å². The molecule has 0 unspecified atom stereocenters. The molecule has 180 valence electrons. The molecule has 0 spiro atoms. The second kappa shape index (κ2) is 9.41. The highest BCUT2D eigenvalue weighted by Gasteiger charge is 2.27. The number of rotatable bonds is 6. The number of hydrogen-bond acceptors (Lipinski definition) is 7. The second-order valence-corrected chi connectivity index (χ2v) is 9.88. The summed E-state index contributed by atoms with van der Waals surface area (Å²) in [6.07, 6.45) is 3.39. The lowest BCUT2D eigenvalue weighted by Crippen LogP contribution is -2.40. The molecule has 1 saturated heterocycles. The minimum atomic E-state index is -3.78. The standard InChI is InChI=1S/C23H22N6O5S/c30-22-14-19(23(31)26-21-6-8-28(27-21)15-16-3-1-2-7-24-16)18-13-17(4-5-20(18)25-22)35(32,33)29-9-11-34-12-10-29/h1-8,13-14H,9-12,15H2,(H,25,30)(H,26,27,31). The molecule has 2 N–H and O–H groups in total. The van der Waals surface area contributed by atoms with Crippen LogP contribution < -0.4 is 10.9 Å². The van der Waals surface area contributed by atoms with Gasteiger partial charge in [-0.05, 0) is 30.3 Å². The zero-order valence-electron chi connectivity index (χ0n) is 18.5. The Morgan fingerprint density at radius 1 is 1.11 bits per heavy atom. The van der Waals surface area contributed by atoms with Crippen molar-refractivity contribution in [3.05, 3.63) is 82.5 Å². The number of nitrogens with zero attached hydrogens (tertiary/aromatic N) is 4. The Bertz CT molecular complexity index is 1540. The normalized spacial score (nSPS) is 14.7. The van der Waals surface area contributed by atoms with E-state index in [1.807, 2.05) is 18.2 Å². The lowest BCUT2D eigenvalue weighted by Gasteiger charge is -2.26. The number of carbonyl (C=O) groups excluding carboxylic acids is 1. The predicted molar refractivity (Wildman–Crippen MR) is 128 cm³/mol. The average Bonchev–Trinajstić information content (AvgIpc) is 3.30. The summed E-state index contributed by atoms with van der Waals surface area (Å²) in [6, 6.07) is 12.7. The number of nitrogens with one attached hydrogen (secondary N) is 2. The van der Waals surface area contributed by atoms with Crippen LogP contribution in [0.15, 0.2) is 70.6 Å². The van der Waals surface area contributed by atoms with Crippen LogP contribution in [0.4, 0.5) is 5.82 Å². The van der Waals surface area contributed by atoms with Gasteiger partial charge in [-0.3, -0.25) is 19.3 Å². The van der Waals surface area contributed by atoms with Crippen LogP contribution in [0.2, 0.25) is 0 Å². The molecule has 0 atom stereocenters. The van der Waals surface area contributed by atoms with Crippen molar-refractivity contribution in [1.29, 1.82) is 0 Å². The van der Waals surface area contributed by atoms with Crippen LogP contribution in [-0.2, 0) is 21.3 Å². The third-order valence-corrected chi connectivity index (χ3v) is 7.49. The Morgan fingerprint density at radius 2 is 1.94 bits per heavy atom. The molecule has 11 nitrogen and oxygen atoms in total. The molecule has 1 aliphatic heterocycles. The van der Waals surface area contributed by atoms with Crippen LogP contribution in [0.25, 0.3) is 10.9 Å². The first-order valence-electron chi connectivity index (χ1n) is 10.9. The number of pyridine rings is 2. The number of benzene rings is 1. The first-order chi connectivity index (χ1) is 16.9. The van der Waals surface area contributed by atoms with Gasteiger partial charge in [-0.1, -0.05) is 6.07 Å². The number of H-pyrrole nitrogens is 1. The van der Waals surface area contributed by atoms with Crippen molar-refractivity contribution in [2.75, 3.05) is 31.6 Å². The number of anilines is 1. The maximum absolute atomic E-state index is 13.1. The van der Waals surface area contributed by atoms with Crippen molar-refractivity contribution >= 4 is 32.7 Å². The Morgan fingerprint density at radius 3 is 2.71 bits per heavy atom. The van der Waals surface area contributed by atoms with Gasteiger partial charge in [-0.2, -0.15) is 9.40 Å². The summed E-state index contributed by atoms with van der Waals surface area (Å²) >= 11 is 0. The lowest BCUT2D eigenvalue weighted by atomic mass is 10.1. The van der Waals surface area contributed by atoms with Gasteiger partial charge in [-0.25, -0.2) is 8.42 Å². The molecule has 12 heteroatoms. The molecule has 35 heavy (non-hydrogen) atoms. The van der Waals surface area contributed by atoms with Gasteiger partial charge in [0, 0.05) is 48.5 Å². The van der Waals surface area contributed by atoms with Crippen molar-refractivity contribution in [3.8, 4) is 0 Å². The molecule has 0 radical (unpaired) electrons. The third kappa shape index (κ3) is 4.85. The van der Waals surface area contributed by atoms with E-state index in [2.05, 4.69) is 20.4 Å². The molecule has 0 bridgehead atoms. The highest BCUT2D eigenvalue weighted by Crippen LogP contribution is 2.24. The van der Waals surface area contributed by atoms with E-state index in [1.54, 1.807) is 23.1 Å². The Kier molecular flexibility index (Phi) is 6.16. The fourth-order valence-electron chi connectivity index (χ4n) is 3.87. The molecule has 1 aliphatic rings. The number of hydrogen-bond donors (Lipinski definition) is 2. The molecule has 5 rings (SSSR count). The summed E-state index contributed by atoms with van der Waals surface area (Å²) in [5, 5.41) is 7.33. The highest BCUT2D eigenvalue weighted by molar-refractivity contribution is 7.89. The lowest BCUT2D eigenvalue weighted by molar-refractivity contribution is 0.0730. The number of aromatic nitrogens is 4. The fourth-order valence-corrected chi connectivity index (χ4v) is 5.31. The van der Waals surface area contributed by atoms with Crippen LogP contribution in [0, 0.1) is 0 Å². The van der Waals surface area contributed by atoms with Crippen LogP contribution in [0.1, 0.15) is 16.1 Å². The summed E-state index contributed by atoms with van der Waals surface area (Å²) < 4.78 is 34.4. The number of amides is 1. The number of aromatic amines is 1. The van der Waals surface area contributed by atoms with E-state index in [-0.39, 0.29) is 29.4 Å². The van der Waals surface area contributed by atoms with Crippen LogP contribution in [-0.4, -0.2) is 64.7 Å². The number of sulfonamides is 1. The summed E-state index contributed by atoms with van der Waals surface area (Å²) in [6.45, 7) is 1.57. The van der Waals surface area contributed by atoms with Gasteiger partial charge in [0.1, 0.15) is 0 Å². The third-order valence-electron chi connectivity index (χ3n) is 5.60. The van der Waals surface area contributed by atoms with Crippen molar-refractivity contribution in [2.45, 2.75) is 11.4 Å². The number of ether oxygens (including phenoxy) is 1. The Hall–Kier alpha value is -3.87. The summed E-state index contributed by atoms with van der Waals surface area (Å²) in [5.41, 5.74) is 0.724. The fraction of sp³-hybridized carbons (Fsp3) is 0.217. The summed E-state index contributed by atoms with van der Waals surface area (Å²) in [4.78, 5) is 32.2. The van der Waals surface area contributed by atoms with Crippen molar-refractivity contribution < 1.29 is 17.9 Å². The Labute approximate surface area is 200 Å². The SMILES string of the molecule is O=C(Nc1ccn(Cc2ccccn2)n1)c1cc(=O)[nH]c2ccc(S(=O)(=O)N3CCOCC3)cc12. The van der Waals surface area contributed by atoms with E-state index in [9.17, 15) is 18.0 Å².